The molecule has 0 saturated carbocycles. The van der Waals surface area contributed by atoms with Gasteiger partial charge in [-0.25, -0.2) is 21.5 Å². The molecule has 1 heterocycles. The number of sulfonamides is 1. The number of carbonyl (C=O) groups excluding carboxylic acids is 1. The van der Waals surface area contributed by atoms with Crippen LogP contribution in [-0.4, -0.2) is 56.0 Å². The van der Waals surface area contributed by atoms with E-state index >= 15 is 0 Å². The summed E-state index contributed by atoms with van der Waals surface area (Å²) in [6.45, 7) is 1.16. The van der Waals surface area contributed by atoms with E-state index in [1.165, 1.54) is 15.3 Å². The number of rotatable bonds is 2. The van der Waals surface area contributed by atoms with Gasteiger partial charge in [-0.3, -0.25) is 4.79 Å². The van der Waals surface area contributed by atoms with Gasteiger partial charge in [-0.15, -0.1) is 0 Å². The second-order valence-corrected chi connectivity index (χ2v) is 6.92. The Morgan fingerprint density at radius 3 is 2.43 bits per heavy atom. The highest BCUT2D eigenvalue weighted by molar-refractivity contribution is 7.88. The Labute approximate surface area is 122 Å². The molecule has 0 bridgehead atoms. The molecule has 0 N–H and O–H groups in total. The SMILES string of the molecule is CS(=O)(=O)N1CCCN(C(=O)c2ccc(F)c(F)c2)CC1. The monoisotopic (exact) mass is 318 g/mol. The predicted molar refractivity (Wildman–Crippen MR) is 73.3 cm³/mol. The Bertz CT molecular complexity index is 649. The molecule has 0 radical (unpaired) electrons. The van der Waals surface area contributed by atoms with E-state index in [-0.39, 0.29) is 18.7 Å². The molecule has 8 heteroatoms. The van der Waals surface area contributed by atoms with Crippen molar-refractivity contribution >= 4 is 15.9 Å². The summed E-state index contributed by atoms with van der Waals surface area (Å²) in [5, 5.41) is 0. The van der Waals surface area contributed by atoms with Crippen molar-refractivity contribution in [1.29, 1.82) is 0 Å². The lowest BCUT2D eigenvalue weighted by Crippen LogP contribution is -2.37. The van der Waals surface area contributed by atoms with Gasteiger partial charge in [0.1, 0.15) is 0 Å². The summed E-state index contributed by atoms with van der Waals surface area (Å²) in [6.07, 6.45) is 1.63. The van der Waals surface area contributed by atoms with Crippen LogP contribution in [0.15, 0.2) is 18.2 Å². The summed E-state index contributed by atoms with van der Waals surface area (Å²) in [5.41, 5.74) is 0.0571. The van der Waals surface area contributed by atoms with Crippen molar-refractivity contribution in [3.8, 4) is 0 Å². The summed E-state index contributed by atoms with van der Waals surface area (Å²) < 4.78 is 50.4. The zero-order valence-electron chi connectivity index (χ0n) is 11.6. The Morgan fingerprint density at radius 1 is 1.10 bits per heavy atom. The summed E-state index contributed by atoms with van der Waals surface area (Å²) >= 11 is 0. The number of benzene rings is 1. The van der Waals surface area contributed by atoms with Crippen molar-refractivity contribution in [2.75, 3.05) is 32.4 Å². The molecule has 1 aliphatic rings. The van der Waals surface area contributed by atoms with Gasteiger partial charge in [-0.05, 0) is 24.6 Å². The maximum absolute atomic E-state index is 13.2. The first-order valence-electron chi connectivity index (χ1n) is 6.48. The second-order valence-electron chi connectivity index (χ2n) is 4.94. The molecule has 0 aliphatic carbocycles. The fourth-order valence-electron chi connectivity index (χ4n) is 2.24. The molecular weight excluding hydrogens is 302 g/mol. The van der Waals surface area contributed by atoms with Crippen molar-refractivity contribution in [3.05, 3.63) is 35.4 Å². The first-order valence-corrected chi connectivity index (χ1v) is 8.33. The number of amides is 1. The molecule has 2 rings (SSSR count). The first-order chi connectivity index (χ1) is 9.79. The van der Waals surface area contributed by atoms with Crippen LogP contribution in [0.4, 0.5) is 8.78 Å². The van der Waals surface area contributed by atoms with Crippen LogP contribution in [0.5, 0.6) is 0 Å². The quantitative estimate of drug-likeness (QED) is 0.820. The Balaban J connectivity index is 2.11. The fourth-order valence-corrected chi connectivity index (χ4v) is 3.11. The minimum Gasteiger partial charge on any atom is -0.337 e. The zero-order chi connectivity index (χ0) is 15.6. The molecule has 0 spiro atoms. The summed E-state index contributed by atoms with van der Waals surface area (Å²) in [4.78, 5) is 13.7. The third-order valence-corrected chi connectivity index (χ3v) is 4.68. The summed E-state index contributed by atoms with van der Waals surface area (Å²) in [6, 6.07) is 2.99. The van der Waals surface area contributed by atoms with Crippen LogP contribution in [0.1, 0.15) is 16.8 Å². The molecule has 21 heavy (non-hydrogen) atoms. The van der Waals surface area contributed by atoms with Crippen molar-refractivity contribution < 1.29 is 22.0 Å². The van der Waals surface area contributed by atoms with E-state index in [0.717, 1.165) is 18.4 Å². The molecule has 1 aromatic carbocycles. The van der Waals surface area contributed by atoms with E-state index in [0.29, 0.717) is 19.5 Å². The van der Waals surface area contributed by atoms with Gasteiger partial charge in [0.15, 0.2) is 11.6 Å². The molecule has 0 atom stereocenters. The minimum absolute atomic E-state index is 0.0571. The Morgan fingerprint density at radius 2 is 1.81 bits per heavy atom. The van der Waals surface area contributed by atoms with Gasteiger partial charge in [-0.2, -0.15) is 0 Å². The molecule has 1 saturated heterocycles. The van der Waals surface area contributed by atoms with Crippen molar-refractivity contribution in [3.63, 3.8) is 0 Å². The van der Waals surface area contributed by atoms with Crippen molar-refractivity contribution in [1.82, 2.24) is 9.21 Å². The molecule has 0 unspecified atom stereocenters. The first kappa shape index (κ1) is 15.8. The molecular formula is C13H16F2N2O3S. The van der Waals surface area contributed by atoms with Crippen LogP contribution in [-0.2, 0) is 10.0 Å². The molecule has 1 fully saturated rings. The van der Waals surface area contributed by atoms with Gasteiger partial charge in [0.2, 0.25) is 10.0 Å². The predicted octanol–water partition coefficient (Wildman–Crippen LogP) is 1.07. The average molecular weight is 318 g/mol. The largest absolute Gasteiger partial charge is 0.337 e. The molecule has 0 aromatic heterocycles. The Kier molecular flexibility index (Phi) is 4.58. The summed E-state index contributed by atoms with van der Waals surface area (Å²) in [7, 11) is -3.29. The average Bonchev–Trinajstić information content (AvgIpc) is 2.66. The van der Waals surface area contributed by atoms with Gasteiger partial charge in [0.25, 0.3) is 5.91 Å². The van der Waals surface area contributed by atoms with E-state index in [2.05, 4.69) is 0 Å². The highest BCUT2D eigenvalue weighted by Crippen LogP contribution is 2.14. The van der Waals surface area contributed by atoms with Gasteiger partial charge < -0.3 is 4.90 Å². The second kappa shape index (κ2) is 6.07. The number of carbonyl (C=O) groups is 1. The lowest BCUT2D eigenvalue weighted by molar-refractivity contribution is 0.0763. The van der Waals surface area contributed by atoms with Crippen molar-refractivity contribution in [2.24, 2.45) is 0 Å². The smallest absolute Gasteiger partial charge is 0.254 e. The normalized spacial score (nSPS) is 17.6. The number of nitrogens with zero attached hydrogens (tertiary/aromatic N) is 2. The summed E-state index contributed by atoms with van der Waals surface area (Å²) in [5.74, 6) is -2.51. The number of hydrogen-bond acceptors (Lipinski definition) is 3. The van der Waals surface area contributed by atoms with Crippen LogP contribution in [0, 0.1) is 11.6 Å². The molecule has 5 nitrogen and oxygen atoms in total. The topological polar surface area (TPSA) is 57.7 Å². The van der Waals surface area contributed by atoms with Gasteiger partial charge in [0, 0.05) is 31.7 Å². The maximum atomic E-state index is 13.2. The maximum Gasteiger partial charge on any atom is 0.254 e. The van der Waals surface area contributed by atoms with Crippen LogP contribution < -0.4 is 0 Å². The van der Waals surface area contributed by atoms with E-state index < -0.39 is 27.6 Å². The lowest BCUT2D eigenvalue weighted by Gasteiger charge is -2.21. The highest BCUT2D eigenvalue weighted by Gasteiger charge is 2.24. The van der Waals surface area contributed by atoms with Gasteiger partial charge in [-0.1, -0.05) is 0 Å². The van der Waals surface area contributed by atoms with Gasteiger partial charge in [0.05, 0.1) is 6.26 Å². The standard InChI is InChI=1S/C13H16F2N2O3S/c1-21(19,20)17-6-2-5-16(7-8-17)13(18)10-3-4-11(14)12(15)9-10/h3-4,9H,2,5-8H2,1H3. The van der Waals surface area contributed by atoms with E-state index in [9.17, 15) is 22.0 Å². The van der Waals surface area contributed by atoms with Crippen molar-refractivity contribution in [2.45, 2.75) is 6.42 Å². The van der Waals surface area contributed by atoms with Crippen LogP contribution in [0.2, 0.25) is 0 Å². The molecule has 1 aliphatic heterocycles. The van der Waals surface area contributed by atoms with E-state index in [4.69, 9.17) is 0 Å². The van der Waals surface area contributed by atoms with Crippen LogP contribution in [0.3, 0.4) is 0 Å². The number of hydrogen-bond donors (Lipinski definition) is 0. The van der Waals surface area contributed by atoms with Gasteiger partial charge >= 0.3 is 0 Å². The third-order valence-electron chi connectivity index (χ3n) is 3.38. The van der Waals surface area contributed by atoms with E-state index in [1.54, 1.807) is 0 Å². The third kappa shape index (κ3) is 3.76. The molecule has 1 amide bonds. The molecule has 1 aromatic rings. The van der Waals surface area contributed by atoms with Crippen LogP contribution in [0.25, 0.3) is 0 Å². The van der Waals surface area contributed by atoms with E-state index in [1.807, 2.05) is 0 Å². The fraction of sp³-hybridized carbons (Fsp3) is 0.462. The lowest BCUT2D eigenvalue weighted by atomic mass is 10.2. The zero-order valence-corrected chi connectivity index (χ0v) is 12.4. The molecule has 116 valence electrons. The minimum atomic E-state index is -3.29. The highest BCUT2D eigenvalue weighted by atomic mass is 32.2. The number of halogens is 2. The van der Waals surface area contributed by atoms with Crippen LogP contribution >= 0.6 is 0 Å². The Hall–Kier alpha value is -1.54.